The summed E-state index contributed by atoms with van der Waals surface area (Å²) < 4.78 is 11.6. The summed E-state index contributed by atoms with van der Waals surface area (Å²) in [6.45, 7) is 6.04. The number of hydrogen-bond acceptors (Lipinski definition) is 2. The molecule has 0 saturated heterocycles. The summed E-state index contributed by atoms with van der Waals surface area (Å²) in [4.78, 5) is 0. The van der Waals surface area contributed by atoms with Crippen LogP contribution in [-0.2, 0) is 12.8 Å². The van der Waals surface area contributed by atoms with Crippen LogP contribution in [0.2, 0.25) is 0 Å². The van der Waals surface area contributed by atoms with Crippen LogP contribution in [0.5, 0.6) is 11.5 Å². The van der Waals surface area contributed by atoms with E-state index < -0.39 is 0 Å². The minimum absolute atomic E-state index is 0.802. The van der Waals surface area contributed by atoms with Crippen molar-refractivity contribution in [2.24, 2.45) is 0 Å². The van der Waals surface area contributed by atoms with Crippen molar-refractivity contribution in [3.63, 3.8) is 0 Å². The highest BCUT2D eigenvalue weighted by molar-refractivity contribution is 5.64. The van der Waals surface area contributed by atoms with Crippen molar-refractivity contribution in [2.45, 2.75) is 65.2 Å². The summed E-state index contributed by atoms with van der Waals surface area (Å²) in [6.07, 6.45) is 9.24. The molecule has 0 saturated carbocycles. The van der Waals surface area contributed by atoms with Crippen LogP contribution in [0.15, 0.2) is 72.8 Å². The van der Waals surface area contributed by atoms with Crippen molar-refractivity contribution in [1.82, 2.24) is 0 Å². The molecule has 0 N–H and O–H groups in total. The average Bonchev–Trinajstić information content (AvgIpc) is 2.85. The van der Waals surface area contributed by atoms with Crippen LogP contribution in [0.3, 0.4) is 0 Å². The molecule has 0 aliphatic heterocycles. The quantitative estimate of drug-likeness (QED) is 0.240. The van der Waals surface area contributed by atoms with Gasteiger partial charge in [-0.25, -0.2) is 0 Å². The Balaban J connectivity index is 1.45. The maximum atomic E-state index is 5.82. The first kappa shape index (κ1) is 23.9. The molecule has 0 spiro atoms. The van der Waals surface area contributed by atoms with Gasteiger partial charge in [0.05, 0.1) is 13.2 Å². The Morgan fingerprint density at radius 3 is 1.28 bits per heavy atom. The topological polar surface area (TPSA) is 18.5 Å². The summed E-state index contributed by atoms with van der Waals surface area (Å²) in [5.74, 6) is 1.94. The molecule has 0 atom stereocenters. The van der Waals surface area contributed by atoms with E-state index in [0.29, 0.717) is 0 Å². The van der Waals surface area contributed by atoms with Gasteiger partial charge in [0.25, 0.3) is 0 Å². The molecule has 2 nitrogen and oxygen atoms in total. The first-order chi connectivity index (χ1) is 15.8. The second-order valence-electron chi connectivity index (χ2n) is 8.48. The summed E-state index contributed by atoms with van der Waals surface area (Å²) in [5, 5.41) is 0. The zero-order chi connectivity index (χ0) is 22.4. The lowest BCUT2D eigenvalue weighted by Crippen LogP contribution is -1.97. The van der Waals surface area contributed by atoms with E-state index in [4.69, 9.17) is 9.47 Å². The van der Waals surface area contributed by atoms with Gasteiger partial charge in [-0.1, -0.05) is 88.1 Å². The van der Waals surface area contributed by atoms with E-state index in [0.717, 1.165) is 50.4 Å². The number of ether oxygens (including phenoxy) is 2. The molecule has 0 heterocycles. The monoisotopic (exact) mass is 430 g/mol. The Morgan fingerprint density at radius 2 is 0.844 bits per heavy atom. The van der Waals surface area contributed by atoms with Crippen molar-refractivity contribution in [2.75, 3.05) is 13.2 Å². The van der Waals surface area contributed by atoms with Gasteiger partial charge in [-0.05, 0) is 72.2 Å². The van der Waals surface area contributed by atoms with Crippen molar-refractivity contribution in [1.29, 1.82) is 0 Å². The summed E-state index contributed by atoms with van der Waals surface area (Å²) in [5.41, 5.74) is 5.19. The van der Waals surface area contributed by atoms with Gasteiger partial charge in [-0.3, -0.25) is 0 Å². The maximum Gasteiger partial charge on any atom is 0.119 e. The molecule has 0 amide bonds. The molecule has 170 valence electrons. The van der Waals surface area contributed by atoms with Gasteiger partial charge >= 0.3 is 0 Å². The lowest BCUT2D eigenvalue weighted by molar-refractivity contribution is 0.306. The van der Waals surface area contributed by atoms with Gasteiger partial charge in [0.2, 0.25) is 0 Å². The van der Waals surface area contributed by atoms with Gasteiger partial charge < -0.3 is 9.47 Å². The predicted molar refractivity (Wildman–Crippen MR) is 136 cm³/mol. The molecule has 0 radical (unpaired) electrons. The van der Waals surface area contributed by atoms with Gasteiger partial charge in [-0.15, -0.1) is 0 Å². The third kappa shape index (κ3) is 8.07. The van der Waals surface area contributed by atoms with Gasteiger partial charge in [0.15, 0.2) is 0 Å². The minimum Gasteiger partial charge on any atom is -0.494 e. The van der Waals surface area contributed by atoms with E-state index in [1.807, 2.05) is 0 Å². The van der Waals surface area contributed by atoms with Crippen molar-refractivity contribution in [3.05, 3.63) is 83.9 Å². The normalized spacial score (nSPS) is 10.8. The predicted octanol–water partition coefficient (Wildman–Crippen LogP) is 8.28. The second kappa shape index (κ2) is 13.6. The third-order valence-corrected chi connectivity index (χ3v) is 5.80. The molecule has 3 rings (SSSR count). The molecule has 0 aromatic heterocycles. The Kier molecular flexibility index (Phi) is 10.2. The zero-order valence-corrected chi connectivity index (χ0v) is 19.8. The molecule has 3 aromatic rings. The fourth-order valence-electron chi connectivity index (χ4n) is 3.73. The van der Waals surface area contributed by atoms with Crippen LogP contribution < -0.4 is 9.47 Å². The molecule has 3 aromatic carbocycles. The summed E-state index contributed by atoms with van der Waals surface area (Å²) >= 11 is 0. The van der Waals surface area contributed by atoms with Crippen LogP contribution in [0.25, 0.3) is 11.1 Å². The van der Waals surface area contributed by atoms with Crippen LogP contribution in [0.1, 0.15) is 63.5 Å². The second-order valence-corrected chi connectivity index (χ2v) is 8.48. The van der Waals surface area contributed by atoms with E-state index in [9.17, 15) is 0 Å². The number of hydrogen-bond donors (Lipinski definition) is 0. The Bertz CT molecular complexity index is 880. The van der Waals surface area contributed by atoms with E-state index in [1.54, 1.807) is 0 Å². The number of rotatable bonds is 14. The molecule has 0 aliphatic carbocycles. The Hall–Kier alpha value is -2.74. The van der Waals surface area contributed by atoms with Crippen LogP contribution in [0.4, 0.5) is 0 Å². The lowest BCUT2D eigenvalue weighted by atomic mass is 10.0. The SMILES string of the molecule is CCCCCOc1ccc(CCc2ccc(-c3ccc(OCCCCC)cc3)cc2)cc1. The first-order valence-corrected chi connectivity index (χ1v) is 12.3. The van der Waals surface area contributed by atoms with Crippen molar-refractivity contribution in [3.8, 4) is 22.6 Å². The molecule has 0 fully saturated rings. The van der Waals surface area contributed by atoms with E-state index in [1.165, 1.54) is 47.9 Å². The number of unbranched alkanes of at least 4 members (excludes halogenated alkanes) is 4. The summed E-state index contributed by atoms with van der Waals surface area (Å²) in [7, 11) is 0. The van der Waals surface area contributed by atoms with Gasteiger partial charge in [0, 0.05) is 0 Å². The average molecular weight is 431 g/mol. The zero-order valence-electron chi connectivity index (χ0n) is 19.8. The minimum atomic E-state index is 0.802. The fourth-order valence-corrected chi connectivity index (χ4v) is 3.73. The van der Waals surface area contributed by atoms with Crippen molar-refractivity contribution >= 4 is 0 Å². The third-order valence-electron chi connectivity index (χ3n) is 5.80. The maximum absolute atomic E-state index is 5.82. The highest BCUT2D eigenvalue weighted by atomic mass is 16.5. The molecule has 0 aliphatic rings. The largest absolute Gasteiger partial charge is 0.494 e. The molecule has 32 heavy (non-hydrogen) atoms. The standard InChI is InChI=1S/C30H38O2/c1-3-5-7-23-31-29-19-13-26(14-20-29)10-9-25-11-15-27(16-12-25)28-17-21-30(22-18-28)32-24-8-6-4-2/h11-22H,3-10,23-24H2,1-2H3. The molecule has 2 heteroatoms. The highest BCUT2D eigenvalue weighted by Gasteiger charge is 2.02. The summed E-state index contributed by atoms with van der Waals surface area (Å²) in [6, 6.07) is 26.0. The lowest BCUT2D eigenvalue weighted by Gasteiger charge is -2.09. The van der Waals surface area contributed by atoms with Gasteiger partial charge in [-0.2, -0.15) is 0 Å². The molecular formula is C30H38O2. The highest BCUT2D eigenvalue weighted by Crippen LogP contribution is 2.23. The van der Waals surface area contributed by atoms with E-state index in [2.05, 4.69) is 86.6 Å². The molecule has 0 bridgehead atoms. The number of benzene rings is 3. The van der Waals surface area contributed by atoms with Crippen LogP contribution in [0, 0.1) is 0 Å². The van der Waals surface area contributed by atoms with Crippen molar-refractivity contribution < 1.29 is 9.47 Å². The Morgan fingerprint density at radius 1 is 0.469 bits per heavy atom. The van der Waals surface area contributed by atoms with Crippen LogP contribution in [-0.4, -0.2) is 13.2 Å². The first-order valence-electron chi connectivity index (χ1n) is 12.3. The molecular weight excluding hydrogens is 392 g/mol. The Labute approximate surface area is 194 Å². The van der Waals surface area contributed by atoms with E-state index in [-0.39, 0.29) is 0 Å². The number of aryl methyl sites for hydroxylation is 2. The van der Waals surface area contributed by atoms with Crippen LogP contribution >= 0.6 is 0 Å². The fraction of sp³-hybridized carbons (Fsp3) is 0.400. The van der Waals surface area contributed by atoms with Gasteiger partial charge in [0.1, 0.15) is 11.5 Å². The van der Waals surface area contributed by atoms with E-state index >= 15 is 0 Å². The molecule has 0 unspecified atom stereocenters. The smallest absolute Gasteiger partial charge is 0.119 e.